The van der Waals surface area contributed by atoms with Crippen LogP contribution in [0.25, 0.3) is 0 Å². The molecule has 19 heavy (non-hydrogen) atoms. The van der Waals surface area contributed by atoms with E-state index in [0.29, 0.717) is 24.5 Å². The summed E-state index contributed by atoms with van der Waals surface area (Å²) in [7, 11) is 0. The molecule has 0 saturated carbocycles. The Hall–Kier alpha value is -1.45. The number of nitrogens with zero attached hydrogens (tertiary/aromatic N) is 1. The molecule has 104 valence electrons. The summed E-state index contributed by atoms with van der Waals surface area (Å²) in [6.07, 6.45) is 2.62. The zero-order valence-electron chi connectivity index (χ0n) is 11.6. The molecule has 0 bridgehead atoms. The molecule has 0 unspecified atom stereocenters. The van der Waals surface area contributed by atoms with Crippen LogP contribution in [0.15, 0.2) is 17.1 Å². The average Bonchev–Trinajstić information content (AvgIpc) is 2.70. The monoisotopic (exact) mass is 267 g/mol. The van der Waals surface area contributed by atoms with Crippen LogP contribution in [0.3, 0.4) is 0 Å². The second-order valence-corrected chi connectivity index (χ2v) is 5.55. The normalized spacial score (nSPS) is 17.2. The SMILES string of the molecule is CCCCc1cc(F)c(F)cc1C1=NC(C)(C)CO1. The molecular weight excluding hydrogens is 248 g/mol. The molecule has 0 spiro atoms. The first-order valence-corrected chi connectivity index (χ1v) is 6.64. The molecule has 1 aromatic carbocycles. The van der Waals surface area contributed by atoms with Crippen molar-refractivity contribution in [3.63, 3.8) is 0 Å². The first kappa shape index (κ1) is 14.0. The Morgan fingerprint density at radius 2 is 1.95 bits per heavy atom. The van der Waals surface area contributed by atoms with E-state index in [9.17, 15) is 8.78 Å². The van der Waals surface area contributed by atoms with Crippen molar-refractivity contribution in [2.24, 2.45) is 4.99 Å². The quantitative estimate of drug-likeness (QED) is 0.811. The summed E-state index contributed by atoms with van der Waals surface area (Å²) in [4.78, 5) is 4.44. The minimum absolute atomic E-state index is 0.303. The fraction of sp³-hybridized carbons (Fsp3) is 0.533. The zero-order valence-corrected chi connectivity index (χ0v) is 11.6. The van der Waals surface area contributed by atoms with Gasteiger partial charge in [0.2, 0.25) is 5.90 Å². The van der Waals surface area contributed by atoms with Crippen molar-refractivity contribution >= 4 is 5.90 Å². The van der Waals surface area contributed by atoms with Gasteiger partial charge in [0.1, 0.15) is 6.61 Å². The van der Waals surface area contributed by atoms with Gasteiger partial charge in [0.25, 0.3) is 0 Å². The van der Waals surface area contributed by atoms with Crippen molar-refractivity contribution in [2.45, 2.75) is 45.6 Å². The van der Waals surface area contributed by atoms with Gasteiger partial charge in [0.05, 0.1) is 5.54 Å². The Morgan fingerprint density at radius 3 is 2.53 bits per heavy atom. The standard InChI is InChI=1S/C15H19F2NO/c1-4-5-6-10-7-12(16)13(17)8-11(10)14-18-15(2,3)9-19-14/h7-8H,4-6,9H2,1-3H3. The van der Waals surface area contributed by atoms with E-state index in [1.807, 2.05) is 13.8 Å². The molecule has 0 N–H and O–H groups in total. The second kappa shape index (κ2) is 5.27. The minimum Gasteiger partial charge on any atom is -0.475 e. The van der Waals surface area contributed by atoms with Gasteiger partial charge in [-0.1, -0.05) is 13.3 Å². The first-order valence-electron chi connectivity index (χ1n) is 6.64. The zero-order chi connectivity index (χ0) is 14.0. The number of ether oxygens (including phenoxy) is 1. The smallest absolute Gasteiger partial charge is 0.217 e. The lowest BCUT2D eigenvalue weighted by Gasteiger charge is -2.09. The summed E-state index contributed by atoms with van der Waals surface area (Å²) >= 11 is 0. The Bertz CT molecular complexity index is 509. The lowest BCUT2D eigenvalue weighted by Crippen LogP contribution is -2.17. The summed E-state index contributed by atoms with van der Waals surface area (Å²) in [5.74, 6) is -1.24. The third-order valence-corrected chi connectivity index (χ3v) is 3.14. The van der Waals surface area contributed by atoms with Crippen LogP contribution in [0.4, 0.5) is 8.78 Å². The summed E-state index contributed by atoms with van der Waals surface area (Å²) in [6, 6.07) is 2.46. The number of hydrogen-bond acceptors (Lipinski definition) is 2. The number of aryl methyl sites for hydroxylation is 1. The first-order chi connectivity index (χ1) is 8.93. The molecule has 1 aliphatic heterocycles. The average molecular weight is 267 g/mol. The topological polar surface area (TPSA) is 21.6 Å². The van der Waals surface area contributed by atoms with Crippen LogP contribution in [0.1, 0.15) is 44.7 Å². The van der Waals surface area contributed by atoms with Gasteiger partial charge >= 0.3 is 0 Å². The molecule has 1 aromatic rings. The van der Waals surface area contributed by atoms with E-state index in [-0.39, 0.29) is 5.54 Å². The maximum atomic E-state index is 13.4. The highest BCUT2D eigenvalue weighted by Crippen LogP contribution is 2.25. The van der Waals surface area contributed by atoms with E-state index in [0.717, 1.165) is 18.4 Å². The Labute approximate surface area is 112 Å². The van der Waals surface area contributed by atoms with Gasteiger partial charge in [-0.05, 0) is 44.4 Å². The number of hydrogen-bond donors (Lipinski definition) is 0. The van der Waals surface area contributed by atoms with E-state index < -0.39 is 11.6 Å². The Kier molecular flexibility index (Phi) is 3.88. The van der Waals surface area contributed by atoms with Gasteiger partial charge in [-0.2, -0.15) is 0 Å². The number of benzene rings is 1. The summed E-state index contributed by atoms with van der Waals surface area (Å²) in [5, 5.41) is 0. The van der Waals surface area contributed by atoms with Crippen LogP contribution < -0.4 is 0 Å². The van der Waals surface area contributed by atoms with Crippen molar-refractivity contribution in [3.05, 3.63) is 34.9 Å². The van der Waals surface area contributed by atoms with E-state index in [1.54, 1.807) is 0 Å². The molecule has 4 heteroatoms. The van der Waals surface area contributed by atoms with Gasteiger partial charge in [0, 0.05) is 5.56 Å². The second-order valence-electron chi connectivity index (χ2n) is 5.55. The van der Waals surface area contributed by atoms with Crippen LogP contribution in [0, 0.1) is 11.6 Å². The predicted molar refractivity (Wildman–Crippen MR) is 71.5 cm³/mol. The van der Waals surface area contributed by atoms with Crippen molar-refractivity contribution in [3.8, 4) is 0 Å². The Balaban J connectivity index is 2.40. The van der Waals surface area contributed by atoms with Crippen LogP contribution in [-0.4, -0.2) is 18.0 Å². The minimum atomic E-state index is -0.855. The lowest BCUT2D eigenvalue weighted by molar-refractivity contribution is 0.279. The molecule has 0 fully saturated rings. The van der Waals surface area contributed by atoms with Crippen LogP contribution in [0.5, 0.6) is 0 Å². The summed E-state index contributed by atoms with van der Waals surface area (Å²) < 4.78 is 32.3. The number of unbranched alkanes of at least 4 members (excludes halogenated alkanes) is 1. The largest absolute Gasteiger partial charge is 0.475 e. The highest BCUT2D eigenvalue weighted by molar-refractivity contribution is 5.96. The molecule has 0 atom stereocenters. The van der Waals surface area contributed by atoms with E-state index in [4.69, 9.17) is 4.74 Å². The van der Waals surface area contributed by atoms with Gasteiger partial charge in [-0.25, -0.2) is 13.8 Å². The summed E-state index contributed by atoms with van der Waals surface area (Å²) in [6.45, 7) is 6.43. The summed E-state index contributed by atoms with van der Waals surface area (Å²) in [5.41, 5.74) is 1.04. The molecule has 0 amide bonds. The molecule has 1 aliphatic rings. The number of rotatable bonds is 4. The van der Waals surface area contributed by atoms with Gasteiger partial charge in [-0.15, -0.1) is 0 Å². The molecule has 0 radical (unpaired) electrons. The predicted octanol–water partition coefficient (Wildman–Crippen LogP) is 3.86. The molecular formula is C15H19F2NO. The van der Waals surface area contributed by atoms with Crippen LogP contribution >= 0.6 is 0 Å². The van der Waals surface area contributed by atoms with E-state index in [2.05, 4.69) is 11.9 Å². The van der Waals surface area contributed by atoms with Crippen LogP contribution in [-0.2, 0) is 11.2 Å². The molecule has 1 heterocycles. The fourth-order valence-electron chi connectivity index (χ4n) is 2.08. The molecule has 0 aromatic heterocycles. The third kappa shape index (κ3) is 3.11. The van der Waals surface area contributed by atoms with E-state index >= 15 is 0 Å². The molecule has 2 rings (SSSR count). The highest BCUT2D eigenvalue weighted by Gasteiger charge is 2.28. The lowest BCUT2D eigenvalue weighted by atomic mass is 10.0. The molecule has 0 aliphatic carbocycles. The van der Waals surface area contributed by atoms with Crippen molar-refractivity contribution in [1.82, 2.24) is 0 Å². The third-order valence-electron chi connectivity index (χ3n) is 3.14. The van der Waals surface area contributed by atoms with Gasteiger partial charge in [-0.3, -0.25) is 0 Å². The maximum Gasteiger partial charge on any atom is 0.217 e. The number of aliphatic imine (C=N–C) groups is 1. The van der Waals surface area contributed by atoms with Crippen molar-refractivity contribution < 1.29 is 13.5 Å². The fourth-order valence-corrected chi connectivity index (χ4v) is 2.08. The van der Waals surface area contributed by atoms with Crippen LogP contribution in [0.2, 0.25) is 0 Å². The molecule has 2 nitrogen and oxygen atoms in total. The maximum absolute atomic E-state index is 13.4. The Morgan fingerprint density at radius 1 is 1.26 bits per heavy atom. The van der Waals surface area contributed by atoms with Crippen molar-refractivity contribution in [2.75, 3.05) is 6.61 Å². The number of halogens is 2. The highest BCUT2D eigenvalue weighted by atomic mass is 19.2. The van der Waals surface area contributed by atoms with Gasteiger partial charge < -0.3 is 4.74 Å². The van der Waals surface area contributed by atoms with E-state index in [1.165, 1.54) is 12.1 Å². The van der Waals surface area contributed by atoms with Crippen molar-refractivity contribution in [1.29, 1.82) is 0 Å². The molecule has 0 saturated heterocycles. The van der Waals surface area contributed by atoms with Gasteiger partial charge in [0.15, 0.2) is 11.6 Å².